The van der Waals surface area contributed by atoms with Crippen LogP contribution in [-0.4, -0.2) is 28.3 Å². The number of aryl methyl sites for hydroxylation is 3. The monoisotopic (exact) mass is 314 g/mol. The molecule has 4 nitrogen and oxygen atoms in total. The van der Waals surface area contributed by atoms with E-state index in [0.29, 0.717) is 0 Å². The van der Waals surface area contributed by atoms with Gasteiger partial charge in [-0.25, -0.2) is 0 Å². The second-order valence-corrected chi connectivity index (χ2v) is 6.46. The largest absolute Gasteiger partial charge is 0.361 e. The third-order valence-corrected chi connectivity index (χ3v) is 4.83. The van der Waals surface area contributed by atoms with Gasteiger partial charge in [-0.3, -0.25) is 4.79 Å². The van der Waals surface area contributed by atoms with Crippen molar-refractivity contribution in [2.45, 2.75) is 20.8 Å². The van der Waals surface area contributed by atoms with Crippen molar-refractivity contribution in [2.24, 2.45) is 0 Å². The van der Waals surface area contributed by atoms with Crippen molar-refractivity contribution in [3.63, 3.8) is 0 Å². The standard InChI is InChI=1S/C17H18N2O2S/c1-11-6-4-5-7-14(11)17(20)19-8-9-22-16(19)10-15-12(2)18-21-13(15)3/h4-7,10H,8-9H2,1-3H3/b16-10+. The minimum Gasteiger partial charge on any atom is -0.361 e. The first-order valence-corrected chi connectivity index (χ1v) is 8.21. The van der Waals surface area contributed by atoms with Crippen LogP contribution in [0.5, 0.6) is 0 Å². The Hall–Kier alpha value is -2.01. The molecule has 1 amide bonds. The zero-order chi connectivity index (χ0) is 15.7. The Kier molecular flexibility index (Phi) is 4.07. The van der Waals surface area contributed by atoms with Gasteiger partial charge in [0.15, 0.2) is 0 Å². The molecule has 1 fully saturated rings. The third-order valence-electron chi connectivity index (χ3n) is 3.81. The summed E-state index contributed by atoms with van der Waals surface area (Å²) < 4.78 is 5.20. The molecule has 1 aromatic heterocycles. The van der Waals surface area contributed by atoms with E-state index in [9.17, 15) is 4.79 Å². The van der Waals surface area contributed by atoms with Gasteiger partial charge in [0, 0.05) is 23.4 Å². The zero-order valence-electron chi connectivity index (χ0n) is 12.9. The van der Waals surface area contributed by atoms with Gasteiger partial charge >= 0.3 is 0 Å². The van der Waals surface area contributed by atoms with Gasteiger partial charge in [-0.05, 0) is 38.5 Å². The molecule has 114 valence electrons. The molecule has 1 aliphatic rings. The predicted molar refractivity (Wildman–Crippen MR) is 88.6 cm³/mol. The number of nitrogens with zero attached hydrogens (tertiary/aromatic N) is 2. The van der Waals surface area contributed by atoms with Crippen LogP contribution >= 0.6 is 11.8 Å². The minimum atomic E-state index is 0.0566. The van der Waals surface area contributed by atoms with E-state index in [4.69, 9.17) is 4.52 Å². The second-order valence-electron chi connectivity index (χ2n) is 5.34. The van der Waals surface area contributed by atoms with E-state index in [-0.39, 0.29) is 5.91 Å². The van der Waals surface area contributed by atoms with Crippen molar-refractivity contribution in [1.29, 1.82) is 0 Å². The van der Waals surface area contributed by atoms with Crippen LogP contribution in [0.1, 0.15) is 32.9 Å². The topological polar surface area (TPSA) is 46.3 Å². The van der Waals surface area contributed by atoms with Crippen LogP contribution in [-0.2, 0) is 0 Å². The van der Waals surface area contributed by atoms with E-state index in [1.54, 1.807) is 11.8 Å². The number of carbonyl (C=O) groups excluding carboxylic acids is 1. The van der Waals surface area contributed by atoms with Crippen LogP contribution in [0.25, 0.3) is 6.08 Å². The number of rotatable bonds is 2. The lowest BCUT2D eigenvalue weighted by Crippen LogP contribution is -2.27. The fourth-order valence-electron chi connectivity index (χ4n) is 2.53. The summed E-state index contributed by atoms with van der Waals surface area (Å²) in [7, 11) is 0. The van der Waals surface area contributed by atoms with Crippen molar-refractivity contribution in [2.75, 3.05) is 12.3 Å². The molecule has 0 radical (unpaired) electrons. The Bertz CT molecular complexity index is 729. The van der Waals surface area contributed by atoms with Crippen LogP contribution < -0.4 is 0 Å². The summed E-state index contributed by atoms with van der Waals surface area (Å²) in [5.74, 6) is 1.74. The molecule has 2 aromatic rings. The van der Waals surface area contributed by atoms with Crippen molar-refractivity contribution in [1.82, 2.24) is 10.1 Å². The molecule has 0 atom stereocenters. The van der Waals surface area contributed by atoms with Gasteiger partial charge in [-0.2, -0.15) is 0 Å². The summed E-state index contributed by atoms with van der Waals surface area (Å²) in [6, 6.07) is 7.70. The predicted octanol–water partition coefficient (Wildman–Crippen LogP) is 3.79. The highest BCUT2D eigenvalue weighted by molar-refractivity contribution is 8.03. The maximum absolute atomic E-state index is 12.8. The Labute approximate surface area is 134 Å². The Balaban J connectivity index is 1.94. The van der Waals surface area contributed by atoms with Crippen LogP contribution in [0.4, 0.5) is 0 Å². The first kappa shape index (κ1) is 14.9. The van der Waals surface area contributed by atoms with Gasteiger partial charge in [0.2, 0.25) is 0 Å². The highest BCUT2D eigenvalue weighted by atomic mass is 32.2. The number of aromatic nitrogens is 1. The summed E-state index contributed by atoms with van der Waals surface area (Å²) in [6.07, 6.45) is 2.01. The van der Waals surface area contributed by atoms with Crippen LogP contribution in [0.15, 0.2) is 33.8 Å². The van der Waals surface area contributed by atoms with E-state index < -0.39 is 0 Å². The van der Waals surface area contributed by atoms with Gasteiger partial charge in [0.25, 0.3) is 5.91 Å². The first-order valence-electron chi connectivity index (χ1n) is 7.23. The number of hydrogen-bond donors (Lipinski definition) is 0. The van der Waals surface area contributed by atoms with E-state index in [1.807, 2.05) is 56.0 Å². The molecule has 0 saturated carbocycles. The maximum Gasteiger partial charge on any atom is 0.258 e. The van der Waals surface area contributed by atoms with Gasteiger partial charge in [0.05, 0.1) is 10.7 Å². The van der Waals surface area contributed by atoms with Gasteiger partial charge in [0.1, 0.15) is 5.76 Å². The van der Waals surface area contributed by atoms with E-state index in [1.165, 1.54) is 0 Å². The van der Waals surface area contributed by atoms with Crippen LogP contribution in [0.2, 0.25) is 0 Å². The smallest absolute Gasteiger partial charge is 0.258 e. The quantitative estimate of drug-likeness (QED) is 0.846. The molecule has 3 rings (SSSR count). The average molecular weight is 314 g/mol. The lowest BCUT2D eigenvalue weighted by Gasteiger charge is -2.18. The zero-order valence-corrected chi connectivity index (χ0v) is 13.7. The summed E-state index contributed by atoms with van der Waals surface area (Å²) in [5.41, 5.74) is 3.57. The highest BCUT2D eigenvalue weighted by Gasteiger charge is 2.26. The lowest BCUT2D eigenvalue weighted by atomic mass is 10.1. The van der Waals surface area contributed by atoms with E-state index in [0.717, 1.165) is 45.5 Å². The molecule has 1 saturated heterocycles. The van der Waals surface area contributed by atoms with Crippen molar-refractivity contribution in [3.05, 3.63) is 57.4 Å². The molecular formula is C17H18N2O2S. The van der Waals surface area contributed by atoms with Crippen LogP contribution in [0, 0.1) is 20.8 Å². The number of thioether (sulfide) groups is 1. The number of amides is 1. The Morgan fingerprint density at radius 1 is 1.32 bits per heavy atom. The molecule has 1 aromatic carbocycles. The number of benzene rings is 1. The number of carbonyl (C=O) groups is 1. The molecule has 0 unspecified atom stereocenters. The third kappa shape index (κ3) is 2.68. The SMILES string of the molecule is Cc1ccccc1C(=O)N1CCS/C1=C/c1c(C)noc1C. The second kappa shape index (κ2) is 6.01. The molecule has 0 N–H and O–H groups in total. The summed E-state index contributed by atoms with van der Waals surface area (Å²) in [6.45, 7) is 6.50. The van der Waals surface area contributed by atoms with Crippen molar-refractivity contribution in [3.8, 4) is 0 Å². The lowest BCUT2D eigenvalue weighted by molar-refractivity contribution is 0.0830. The average Bonchev–Trinajstić information content (AvgIpc) is 3.09. The maximum atomic E-state index is 12.8. The fraction of sp³-hybridized carbons (Fsp3) is 0.294. The van der Waals surface area contributed by atoms with Crippen molar-refractivity contribution >= 4 is 23.7 Å². The molecule has 5 heteroatoms. The fourth-order valence-corrected chi connectivity index (χ4v) is 3.54. The summed E-state index contributed by atoms with van der Waals surface area (Å²) in [4.78, 5) is 14.7. The minimum absolute atomic E-state index is 0.0566. The molecule has 0 bridgehead atoms. The van der Waals surface area contributed by atoms with Crippen molar-refractivity contribution < 1.29 is 9.32 Å². The van der Waals surface area contributed by atoms with Crippen LogP contribution in [0.3, 0.4) is 0 Å². The molecule has 0 spiro atoms. The van der Waals surface area contributed by atoms with Gasteiger partial charge in [-0.1, -0.05) is 23.4 Å². The molecule has 2 heterocycles. The summed E-state index contributed by atoms with van der Waals surface area (Å²) >= 11 is 1.69. The number of hydrogen-bond acceptors (Lipinski definition) is 4. The normalized spacial score (nSPS) is 16.5. The van der Waals surface area contributed by atoms with E-state index in [2.05, 4.69) is 5.16 Å². The molecule has 0 aliphatic carbocycles. The van der Waals surface area contributed by atoms with E-state index >= 15 is 0 Å². The van der Waals surface area contributed by atoms with Gasteiger partial charge in [-0.15, -0.1) is 11.8 Å². The Morgan fingerprint density at radius 2 is 2.09 bits per heavy atom. The molecular weight excluding hydrogens is 296 g/mol. The Morgan fingerprint density at radius 3 is 2.77 bits per heavy atom. The first-order chi connectivity index (χ1) is 10.6. The van der Waals surface area contributed by atoms with Gasteiger partial charge < -0.3 is 9.42 Å². The summed E-state index contributed by atoms with van der Waals surface area (Å²) in [5, 5.41) is 4.93. The highest BCUT2D eigenvalue weighted by Crippen LogP contribution is 2.32. The molecule has 1 aliphatic heterocycles. The molecule has 22 heavy (non-hydrogen) atoms.